The molecule has 0 bridgehead atoms. The van der Waals surface area contributed by atoms with Crippen LogP contribution in [0.1, 0.15) is 18.9 Å². The molecule has 0 spiro atoms. The molecule has 0 saturated heterocycles. The third-order valence-corrected chi connectivity index (χ3v) is 3.99. The quantitative estimate of drug-likeness (QED) is 0.790. The van der Waals surface area contributed by atoms with Gasteiger partial charge in [0.25, 0.3) is 0 Å². The molecule has 1 N–H and O–H groups in total. The molecule has 2 rings (SSSR count). The van der Waals surface area contributed by atoms with Crippen molar-refractivity contribution in [3.8, 4) is 11.5 Å². The number of methoxy groups -OCH3 is 2. The first-order chi connectivity index (χ1) is 12.6. The monoisotopic (exact) mass is 356 g/mol. The highest BCUT2D eigenvalue weighted by Gasteiger charge is 2.17. The smallest absolute Gasteiger partial charge is 0.223 e. The van der Waals surface area contributed by atoms with E-state index in [-0.39, 0.29) is 24.8 Å². The summed E-state index contributed by atoms with van der Waals surface area (Å²) in [5, 5.41) is 2.86. The Morgan fingerprint density at radius 1 is 0.962 bits per heavy atom. The van der Waals surface area contributed by atoms with Crippen molar-refractivity contribution in [2.75, 3.05) is 25.7 Å². The maximum atomic E-state index is 12.2. The maximum absolute atomic E-state index is 12.2. The number of rotatable bonds is 8. The molecule has 6 nitrogen and oxygen atoms in total. The molecule has 0 heterocycles. The molecule has 0 unspecified atom stereocenters. The van der Waals surface area contributed by atoms with E-state index >= 15 is 0 Å². The summed E-state index contributed by atoms with van der Waals surface area (Å²) in [5.74, 6) is 1.04. The molecule has 0 aromatic heterocycles. The Morgan fingerprint density at radius 2 is 1.58 bits per heavy atom. The van der Waals surface area contributed by atoms with Crippen LogP contribution in [0, 0.1) is 0 Å². The Balaban J connectivity index is 1.96. The molecule has 26 heavy (non-hydrogen) atoms. The summed E-state index contributed by atoms with van der Waals surface area (Å²) in [4.78, 5) is 25.8. The van der Waals surface area contributed by atoms with Crippen LogP contribution in [-0.2, 0) is 16.1 Å². The lowest BCUT2D eigenvalue weighted by molar-refractivity contribution is -0.121. The first-order valence-corrected chi connectivity index (χ1v) is 8.36. The largest absolute Gasteiger partial charge is 0.496 e. The zero-order valence-corrected chi connectivity index (χ0v) is 15.3. The molecule has 0 aliphatic carbocycles. The lowest BCUT2D eigenvalue weighted by Gasteiger charge is -2.23. The van der Waals surface area contributed by atoms with Crippen molar-refractivity contribution in [1.29, 1.82) is 0 Å². The predicted molar refractivity (Wildman–Crippen MR) is 100 cm³/mol. The van der Waals surface area contributed by atoms with Gasteiger partial charge >= 0.3 is 0 Å². The van der Waals surface area contributed by atoms with Gasteiger partial charge in [0.15, 0.2) is 0 Å². The van der Waals surface area contributed by atoms with Crippen LogP contribution in [0.15, 0.2) is 48.5 Å². The summed E-state index contributed by atoms with van der Waals surface area (Å²) in [7, 11) is 3.15. The molecule has 2 aromatic rings. The fourth-order valence-corrected chi connectivity index (χ4v) is 2.64. The fourth-order valence-electron chi connectivity index (χ4n) is 2.64. The van der Waals surface area contributed by atoms with E-state index in [0.717, 1.165) is 11.3 Å². The summed E-state index contributed by atoms with van der Waals surface area (Å²) < 4.78 is 10.6. The van der Waals surface area contributed by atoms with E-state index in [2.05, 4.69) is 5.32 Å². The van der Waals surface area contributed by atoms with Gasteiger partial charge < -0.3 is 19.7 Å². The standard InChI is InChI=1S/C20H24N2O4/c1-15(23)22(17-9-5-7-11-19(17)26-3)13-12-20(24)21-14-16-8-4-6-10-18(16)25-2/h4-11H,12-14H2,1-3H3,(H,21,24). The zero-order chi connectivity index (χ0) is 18.9. The van der Waals surface area contributed by atoms with E-state index in [4.69, 9.17) is 9.47 Å². The van der Waals surface area contributed by atoms with E-state index in [1.807, 2.05) is 36.4 Å². The average Bonchev–Trinajstić information content (AvgIpc) is 2.66. The minimum absolute atomic E-state index is 0.142. The van der Waals surface area contributed by atoms with Gasteiger partial charge in [0.2, 0.25) is 11.8 Å². The first kappa shape index (κ1) is 19.3. The van der Waals surface area contributed by atoms with Crippen molar-refractivity contribution in [3.63, 3.8) is 0 Å². The molecule has 0 aliphatic rings. The van der Waals surface area contributed by atoms with Crippen LogP contribution >= 0.6 is 0 Å². The van der Waals surface area contributed by atoms with E-state index in [0.29, 0.717) is 18.0 Å². The van der Waals surface area contributed by atoms with Crippen molar-refractivity contribution >= 4 is 17.5 Å². The van der Waals surface area contributed by atoms with Gasteiger partial charge in [0.05, 0.1) is 19.9 Å². The van der Waals surface area contributed by atoms with Crippen LogP contribution in [0.2, 0.25) is 0 Å². The van der Waals surface area contributed by atoms with Crippen molar-refractivity contribution in [2.24, 2.45) is 0 Å². The normalized spacial score (nSPS) is 10.1. The summed E-state index contributed by atoms with van der Waals surface area (Å²) >= 11 is 0. The van der Waals surface area contributed by atoms with Gasteiger partial charge in [-0.25, -0.2) is 0 Å². The summed E-state index contributed by atoms with van der Waals surface area (Å²) in [6.07, 6.45) is 0.187. The number of ether oxygens (including phenoxy) is 2. The van der Waals surface area contributed by atoms with Gasteiger partial charge in [-0.05, 0) is 18.2 Å². The topological polar surface area (TPSA) is 67.9 Å². The molecule has 6 heteroatoms. The molecule has 0 aliphatic heterocycles. The van der Waals surface area contributed by atoms with E-state index in [1.54, 1.807) is 31.3 Å². The van der Waals surface area contributed by atoms with Crippen molar-refractivity contribution in [3.05, 3.63) is 54.1 Å². The highest BCUT2D eigenvalue weighted by atomic mass is 16.5. The number of nitrogens with one attached hydrogen (secondary N) is 1. The molecule has 0 atom stereocenters. The van der Waals surface area contributed by atoms with Crippen LogP contribution in [0.4, 0.5) is 5.69 Å². The van der Waals surface area contributed by atoms with Crippen LogP contribution in [0.5, 0.6) is 11.5 Å². The number of amides is 2. The van der Waals surface area contributed by atoms with Gasteiger partial charge in [-0.2, -0.15) is 0 Å². The number of carbonyl (C=O) groups is 2. The Bertz CT molecular complexity index is 761. The number of carbonyl (C=O) groups excluding carboxylic acids is 2. The number of para-hydroxylation sites is 3. The first-order valence-electron chi connectivity index (χ1n) is 8.36. The number of hydrogen-bond acceptors (Lipinski definition) is 4. The van der Waals surface area contributed by atoms with Gasteiger partial charge in [-0.15, -0.1) is 0 Å². The van der Waals surface area contributed by atoms with Gasteiger partial charge in [-0.1, -0.05) is 30.3 Å². The third kappa shape index (κ3) is 4.99. The predicted octanol–water partition coefficient (Wildman–Crippen LogP) is 2.76. The van der Waals surface area contributed by atoms with E-state index in [9.17, 15) is 9.59 Å². The van der Waals surface area contributed by atoms with E-state index < -0.39 is 0 Å². The highest BCUT2D eigenvalue weighted by Crippen LogP contribution is 2.27. The molecule has 0 fully saturated rings. The van der Waals surface area contributed by atoms with Crippen LogP contribution < -0.4 is 19.7 Å². The second-order valence-corrected chi connectivity index (χ2v) is 5.68. The van der Waals surface area contributed by atoms with Crippen LogP contribution in [0.25, 0.3) is 0 Å². The van der Waals surface area contributed by atoms with Gasteiger partial charge in [0, 0.05) is 32.0 Å². The second-order valence-electron chi connectivity index (χ2n) is 5.68. The van der Waals surface area contributed by atoms with Gasteiger partial charge in [-0.3, -0.25) is 9.59 Å². The molecular weight excluding hydrogens is 332 g/mol. The molecular formula is C20H24N2O4. The lowest BCUT2D eigenvalue weighted by Crippen LogP contribution is -2.34. The minimum atomic E-state index is -0.146. The average molecular weight is 356 g/mol. The Hall–Kier alpha value is -3.02. The van der Waals surface area contributed by atoms with Crippen LogP contribution in [-0.4, -0.2) is 32.6 Å². The van der Waals surface area contributed by atoms with Crippen molar-refractivity contribution < 1.29 is 19.1 Å². The SMILES string of the molecule is COc1ccccc1CNC(=O)CCN(C(C)=O)c1ccccc1OC. The summed E-state index contributed by atoms with van der Waals surface area (Å²) in [6, 6.07) is 14.8. The molecule has 138 valence electrons. The van der Waals surface area contributed by atoms with Gasteiger partial charge in [0.1, 0.15) is 11.5 Å². The fraction of sp³-hybridized carbons (Fsp3) is 0.300. The molecule has 0 radical (unpaired) electrons. The third-order valence-electron chi connectivity index (χ3n) is 3.99. The molecule has 0 saturated carbocycles. The zero-order valence-electron chi connectivity index (χ0n) is 15.3. The second kappa shape index (κ2) is 9.46. The Morgan fingerprint density at radius 3 is 2.23 bits per heavy atom. The minimum Gasteiger partial charge on any atom is -0.496 e. The number of hydrogen-bond donors (Lipinski definition) is 1. The van der Waals surface area contributed by atoms with Crippen LogP contribution in [0.3, 0.4) is 0 Å². The summed E-state index contributed by atoms with van der Waals surface area (Å²) in [5.41, 5.74) is 1.55. The summed E-state index contributed by atoms with van der Waals surface area (Å²) in [6.45, 7) is 2.12. The van der Waals surface area contributed by atoms with Crippen molar-refractivity contribution in [2.45, 2.75) is 19.9 Å². The van der Waals surface area contributed by atoms with Crippen molar-refractivity contribution in [1.82, 2.24) is 5.32 Å². The molecule has 2 amide bonds. The van der Waals surface area contributed by atoms with E-state index in [1.165, 1.54) is 6.92 Å². The number of anilines is 1. The molecule has 2 aromatic carbocycles. The highest BCUT2D eigenvalue weighted by molar-refractivity contribution is 5.93. The Labute approximate surface area is 153 Å². The number of nitrogens with zero attached hydrogens (tertiary/aromatic N) is 1. The number of benzene rings is 2. The maximum Gasteiger partial charge on any atom is 0.223 e. The lowest BCUT2D eigenvalue weighted by atomic mass is 10.2. The Kier molecular flexibility index (Phi) is 7.02.